The third-order valence-corrected chi connectivity index (χ3v) is 4.35. The highest BCUT2D eigenvalue weighted by molar-refractivity contribution is 5.98. The first-order valence-electron chi connectivity index (χ1n) is 7.81. The number of nitro groups is 1. The second kappa shape index (κ2) is 6.04. The summed E-state index contributed by atoms with van der Waals surface area (Å²) in [4.78, 5) is 35.1. The maximum atomic E-state index is 12.7. The molecule has 3 aromatic rings. The first kappa shape index (κ1) is 16.7. The quantitative estimate of drug-likeness (QED) is 0.403. The smallest absolute Gasteiger partial charge is 0.408 e. The number of benzene rings is 1. The van der Waals surface area contributed by atoms with Gasteiger partial charge in [-0.1, -0.05) is 0 Å². The van der Waals surface area contributed by atoms with Gasteiger partial charge < -0.3 is 8.98 Å². The van der Waals surface area contributed by atoms with E-state index in [-0.39, 0.29) is 29.1 Å². The van der Waals surface area contributed by atoms with Crippen molar-refractivity contribution in [2.24, 2.45) is 0 Å². The molecule has 0 fully saturated rings. The molecule has 3 rings (SSSR count). The Hall–Kier alpha value is -3.16. The summed E-state index contributed by atoms with van der Waals surface area (Å²) in [6.07, 6.45) is 0. The van der Waals surface area contributed by atoms with E-state index in [2.05, 4.69) is 0 Å². The highest BCUT2D eigenvalue weighted by atomic mass is 16.6. The van der Waals surface area contributed by atoms with E-state index in [9.17, 15) is 19.7 Å². The number of rotatable bonds is 5. The molecule has 0 aliphatic rings. The second-order valence-electron chi connectivity index (χ2n) is 5.82. The van der Waals surface area contributed by atoms with Gasteiger partial charge in [0.05, 0.1) is 17.0 Å². The molecule has 0 radical (unpaired) electrons. The predicted octanol–water partition coefficient (Wildman–Crippen LogP) is 2.82. The van der Waals surface area contributed by atoms with E-state index in [4.69, 9.17) is 4.42 Å². The molecule has 0 aliphatic heterocycles. The molecule has 0 N–H and O–H groups in total. The standard InChI is InChI=1S/C17H17N3O5/c1-4-18-10(2)7-13(11(18)3)15(21)9-19-14-8-12(20(23)24)5-6-16(14)25-17(19)22/h5-8H,4,9H2,1-3H3. The molecule has 0 bridgehead atoms. The lowest BCUT2D eigenvalue weighted by Crippen LogP contribution is -2.20. The summed E-state index contributed by atoms with van der Waals surface area (Å²) in [6, 6.07) is 5.64. The predicted molar refractivity (Wildman–Crippen MR) is 91.0 cm³/mol. The highest BCUT2D eigenvalue weighted by Crippen LogP contribution is 2.21. The fourth-order valence-electron chi connectivity index (χ4n) is 3.11. The largest absolute Gasteiger partial charge is 0.420 e. The molecule has 0 saturated heterocycles. The van der Waals surface area contributed by atoms with Gasteiger partial charge in [0.1, 0.15) is 0 Å². The van der Waals surface area contributed by atoms with Crippen LogP contribution in [0.1, 0.15) is 28.7 Å². The minimum atomic E-state index is -0.715. The van der Waals surface area contributed by atoms with Crippen LogP contribution in [0, 0.1) is 24.0 Å². The van der Waals surface area contributed by atoms with Gasteiger partial charge in [-0.2, -0.15) is 0 Å². The summed E-state index contributed by atoms with van der Waals surface area (Å²) in [5.74, 6) is -0.961. The molecule has 0 aliphatic carbocycles. The number of aromatic nitrogens is 2. The molecule has 0 atom stereocenters. The van der Waals surface area contributed by atoms with Crippen LogP contribution in [-0.4, -0.2) is 19.8 Å². The SMILES string of the molecule is CCn1c(C)cc(C(=O)Cn2c(=O)oc3ccc([N+](=O)[O-])cc32)c1C. The van der Waals surface area contributed by atoms with E-state index in [0.29, 0.717) is 5.56 Å². The number of carbonyl (C=O) groups excluding carboxylic acids is 1. The zero-order chi connectivity index (χ0) is 18.3. The number of nitrogens with zero attached hydrogens (tertiary/aromatic N) is 3. The number of oxazole rings is 1. The van der Waals surface area contributed by atoms with Gasteiger partial charge in [0.15, 0.2) is 11.4 Å². The van der Waals surface area contributed by atoms with Crippen LogP contribution in [0.25, 0.3) is 11.1 Å². The van der Waals surface area contributed by atoms with E-state index in [0.717, 1.165) is 22.5 Å². The zero-order valence-corrected chi connectivity index (χ0v) is 14.1. The van der Waals surface area contributed by atoms with Crippen LogP contribution in [0.15, 0.2) is 33.5 Å². The molecule has 0 amide bonds. The molecule has 0 saturated carbocycles. The minimum Gasteiger partial charge on any atom is -0.408 e. The van der Waals surface area contributed by atoms with E-state index in [1.165, 1.54) is 18.2 Å². The monoisotopic (exact) mass is 343 g/mol. The van der Waals surface area contributed by atoms with Gasteiger partial charge in [-0.25, -0.2) is 4.79 Å². The van der Waals surface area contributed by atoms with Crippen molar-refractivity contribution in [1.82, 2.24) is 9.13 Å². The third kappa shape index (κ3) is 2.75. The number of hydrogen-bond acceptors (Lipinski definition) is 5. The maximum Gasteiger partial charge on any atom is 0.420 e. The lowest BCUT2D eigenvalue weighted by atomic mass is 10.1. The highest BCUT2D eigenvalue weighted by Gasteiger charge is 2.20. The summed E-state index contributed by atoms with van der Waals surface area (Å²) in [7, 11) is 0. The van der Waals surface area contributed by atoms with Crippen molar-refractivity contribution in [3.8, 4) is 0 Å². The molecule has 1 aromatic carbocycles. The Morgan fingerprint density at radius 3 is 2.56 bits per heavy atom. The molecule has 0 unspecified atom stereocenters. The average Bonchev–Trinajstić information content (AvgIpc) is 3.03. The Balaban J connectivity index is 2.04. The maximum absolute atomic E-state index is 12.7. The Morgan fingerprint density at radius 2 is 1.96 bits per heavy atom. The molecular weight excluding hydrogens is 326 g/mol. The van der Waals surface area contributed by atoms with Crippen molar-refractivity contribution in [1.29, 1.82) is 0 Å². The average molecular weight is 343 g/mol. The molecule has 8 nitrogen and oxygen atoms in total. The Labute approximate surface area is 142 Å². The molecule has 0 spiro atoms. The number of ketones is 1. The van der Waals surface area contributed by atoms with Crippen molar-refractivity contribution in [2.45, 2.75) is 33.9 Å². The Bertz CT molecular complexity index is 1050. The van der Waals surface area contributed by atoms with Crippen molar-refractivity contribution < 1.29 is 14.1 Å². The molecule has 2 heterocycles. The van der Waals surface area contributed by atoms with Gasteiger partial charge in [0, 0.05) is 35.6 Å². The van der Waals surface area contributed by atoms with E-state index in [1.54, 1.807) is 6.07 Å². The van der Waals surface area contributed by atoms with Gasteiger partial charge >= 0.3 is 5.76 Å². The first-order chi connectivity index (χ1) is 11.8. The topological polar surface area (TPSA) is 100 Å². The fourth-order valence-corrected chi connectivity index (χ4v) is 3.11. The summed E-state index contributed by atoms with van der Waals surface area (Å²) in [6.45, 7) is 6.26. The number of hydrogen-bond donors (Lipinski definition) is 0. The van der Waals surface area contributed by atoms with E-state index < -0.39 is 10.7 Å². The number of non-ortho nitro benzene ring substituents is 1. The van der Waals surface area contributed by atoms with E-state index >= 15 is 0 Å². The van der Waals surface area contributed by atoms with Crippen LogP contribution >= 0.6 is 0 Å². The van der Waals surface area contributed by atoms with Crippen LogP contribution in [0.5, 0.6) is 0 Å². The summed E-state index contributed by atoms with van der Waals surface area (Å²) >= 11 is 0. The van der Waals surface area contributed by atoms with Crippen LogP contribution in [0.3, 0.4) is 0 Å². The van der Waals surface area contributed by atoms with Gasteiger partial charge in [-0.3, -0.25) is 19.5 Å². The summed E-state index contributed by atoms with van der Waals surface area (Å²) in [5.41, 5.74) is 2.60. The Kier molecular flexibility index (Phi) is 4.03. The zero-order valence-electron chi connectivity index (χ0n) is 14.1. The van der Waals surface area contributed by atoms with Crippen LogP contribution in [0.2, 0.25) is 0 Å². The number of aryl methyl sites for hydroxylation is 1. The van der Waals surface area contributed by atoms with Gasteiger partial charge in [0.2, 0.25) is 0 Å². The van der Waals surface area contributed by atoms with Gasteiger partial charge in [0.25, 0.3) is 5.69 Å². The number of carbonyl (C=O) groups is 1. The third-order valence-electron chi connectivity index (χ3n) is 4.35. The molecule has 2 aromatic heterocycles. The van der Waals surface area contributed by atoms with Crippen LogP contribution in [0.4, 0.5) is 5.69 Å². The van der Waals surface area contributed by atoms with Crippen molar-refractivity contribution in [2.75, 3.05) is 0 Å². The molecular formula is C17H17N3O5. The lowest BCUT2D eigenvalue weighted by molar-refractivity contribution is -0.384. The number of fused-ring (bicyclic) bond motifs is 1. The normalized spacial score (nSPS) is 11.2. The van der Waals surface area contributed by atoms with Crippen LogP contribution < -0.4 is 5.76 Å². The second-order valence-corrected chi connectivity index (χ2v) is 5.82. The summed E-state index contributed by atoms with van der Waals surface area (Å²) in [5, 5.41) is 10.9. The van der Waals surface area contributed by atoms with Crippen molar-refractivity contribution >= 4 is 22.6 Å². The van der Waals surface area contributed by atoms with Crippen LogP contribution in [-0.2, 0) is 13.1 Å². The molecule has 8 heteroatoms. The van der Waals surface area contributed by atoms with Gasteiger partial charge in [-0.05, 0) is 32.9 Å². The minimum absolute atomic E-state index is 0.168. The number of nitro benzene ring substituents is 1. The van der Waals surface area contributed by atoms with Crippen molar-refractivity contribution in [3.05, 3.63) is 61.9 Å². The number of Topliss-reactive ketones (excluding diaryl/α,β-unsaturated/α-hetero) is 1. The molecule has 130 valence electrons. The Morgan fingerprint density at radius 1 is 1.24 bits per heavy atom. The lowest BCUT2D eigenvalue weighted by Gasteiger charge is -2.06. The van der Waals surface area contributed by atoms with Crippen molar-refractivity contribution in [3.63, 3.8) is 0 Å². The fraction of sp³-hybridized carbons (Fsp3) is 0.294. The molecule has 25 heavy (non-hydrogen) atoms. The van der Waals surface area contributed by atoms with E-state index in [1.807, 2.05) is 25.3 Å². The summed E-state index contributed by atoms with van der Waals surface area (Å²) < 4.78 is 8.21. The van der Waals surface area contributed by atoms with Gasteiger partial charge in [-0.15, -0.1) is 0 Å². The first-order valence-corrected chi connectivity index (χ1v) is 7.81.